The van der Waals surface area contributed by atoms with Crippen LogP contribution in [0.4, 0.5) is 0 Å². The van der Waals surface area contributed by atoms with Crippen molar-refractivity contribution < 1.29 is 18.8 Å². The Hall–Kier alpha value is -2.09. The molecule has 0 saturated heterocycles. The summed E-state index contributed by atoms with van der Waals surface area (Å²) in [5.41, 5.74) is 0. The van der Waals surface area contributed by atoms with Crippen LogP contribution in [-0.4, -0.2) is 35.8 Å². The summed E-state index contributed by atoms with van der Waals surface area (Å²) in [7, 11) is 0. The van der Waals surface area contributed by atoms with Crippen molar-refractivity contribution in [1.82, 2.24) is 15.5 Å². The summed E-state index contributed by atoms with van der Waals surface area (Å²) in [6.45, 7) is 1.43. The normalized spacial score (nSPS) is 16.5. The minimum absolute atomic E-state index is 0.168. The number of amides is 1. The van der Waals surface area contributed by atoms with E-state index < -0.39 is 0 Å². The Morgan fingerprint density at radius 1 is 1.36 bits per heavy atom. The molecule has 1 aliphatic carbocycles. The molecule has 2 aromatic rings. The van der Waals surface area contributed by atoms with Crippen LogP contribution in [0, 0.1) is 0 Å². The van der Waals surface area contributed by atoms with Gasteiger partial charge in [0.1, 0.15) is 18.1 Å². The van der Waals surface area contributed by atoms with E-state index >= 15 is 0 Å². The van der Waals surface area contributed by atoms with E-state index in [1.165, 1.54) is 11.3 Å². The number of thiophene rings is 1. The number of hydrogen-bond donors (Lipinski definition) is 1. The first-order chi connectivity index (χ1) is 10.8. The Kier molecular flexibility index (Phi) is 3.45. The van der Waals surface area contributed by atoms with E-state index in [0.717, 1.165) is 18.7 Å². The SMILES string of the molecule is O=C(NCCc1nc(C2CC2)no1)c1scc2c1OCCO2. The number of carbonyl (C=O) groups is 1. The Bertz CT molecular complexity index is 692. The average molecular weight is 321 g/mol. The minimum atomic E-state index is -0.168. The molecule has 0 aromatic carbocycles. The molecule has 1 N–H and O–H groups in total. The second-order valence-electron chi connectivity index (χ2n) is 5.28. The van der Waals surface area contributed by atoms with E-state index in [-0.39, 0.29) is 5.91 Å². The highest BCUT2D eigenvalue weighted by atomic mass is 32.1. The van der Waals surface area contributed by atoms with Gasteiger partial charge < -0.3 is 19.3 Å². The van der Waals surface area contributed by atoms with Crippen molar-refractivity contribution >= 4 is 17.2 Å². The molecule has 1 amide bonds. The first kappa shape index (κ1) is 13.6. The summed E-state index contributed by atoms with van der Waals surface area (Å²) >= 11 is 1.32. The molecule has 2 aliphatic rings. The first-order valence-electron chi connectivity index (χ1n) is 7.29. The maximum absolute atomic E-state index is 12.2. The summed E-state index contributed by atoms with van der Waals surface area (Å²) in [4.78, 5) is 17.1. The van der Waals surface area contributed by atoms with E-state index in [4.69, 9.17) is 14.0 Å². The Morgan fingerprint density at radius 2 is 2.23 bits per heavy atom. The monoisotopic (exact) mass is 321 g/mol. The molecule has 4 rings (SSSR count). The summed E-state index contributed by atoms with van der Waals surface area (Å²) in [6, 6.07) is 0. The van der Waals surface area contributed by atoms with E-state index in [9.17, 15) is 4.79 Å². The van der Waals surface area contributed by atoms with Crippen LogP contribution in [0.15, 0.2) is 9.90 Å². The zero-order valence-electron chi connectivity index (χ0n) is 11.8. The van der Waals surface area contributed by atoms with E-state index in [0.29, 0.717) is 54.4 Å². The molecule has 1 saturated carbocycles. The highest BCUT2D eigenvalue weighted by Crippen LogP contribution is 2.39. The Labute approximate surface area is 130 Å². The predicted molar refractivity (Wildman–Crippen MR) is 77.6 cm³/mol. The first-order valence-corrected chi connectivity index (χ1v) is 8.17. The van der Waals surface area contributed by atoms with Crippen LogP contribution in [0.3, 0.4) is 0 Å². The van der Waals surface area contributed by atoms with Gasteiger partial charge in [0.2, 0.25) is 5.89 Å². The number of hydrogen-bond acceptors (Lipinski definition) is 7. The fraction of sp³-hybridized carbons (Fsp3) is 0.500. The molecule has 0 unspecified atom stereocenters. The number of carbonyl (C=O) groups excluding carboxylic acids is 1. The van der Waals surface area contributed by atoms with Crippen molar-refractivity contribution in [2.75, 3.05) is 19.8 Å². The molecular weight excluding hydrogens is 306 g/mol. The van der Waals surface area contributed by atoms with Crippen molar-refractivity contribution in [3.05, 3.63) is 22.0 Å². The van der Waals surface area contributed by atoms with Gasteiger partial charge in [-0.1, -0.05) is 5.16 Å². The fourth-order valence-corrected chi connectivity index (χ4v) is 3.11. The molecule has 0 atom stereocenters. The lowest BCUT2D eigenvalue weighted by Crippen LogP contribution is -2.26. The number of ether oxygens (including phenoxy) is 2. The molecular formula is C14H15N3O4S. The third-order valence-corrected chi connectivity index (χ3v) is 4.50. The van der Waals surface area contributed by atoms with Crippen LogP contribution in [0.2, 0.25) is 0 Å². The maximum Gasteiger partial charge on any atom is 0.265 e. The molecule has 0 radical (unpaired) electrons. The number of nitrogens with zero attached hydrogens (tertiary/aromatic N) is 2. The van der Waals surface area contributed by atoms with Crippen LogP contribution in [0.25, 0.3) is 0 Å². The number of fused-ring (bicyclic) bond motifs is 1. The summed E-state index contributed by atoms with van der Waals surface area (Å²) in [5.74, 6) is 2.85. The summed E-state index contributed by atoms with van der Waals surface area (Å²) in [6.07, 6.45) is 2.80. The van der Waals surface area contributed by atoms with E-state index in [1.807, 2.05) is 0 Å². The molecule has 1 fully saturated rings. The van der Waals surface area contributed by atoms with E-state index in [2.05, 4.69) is 15.5 Å². The van der Waals surface area contributed by atoms with Gasteiger partial charge in [-0.25, -0.2) is 0 Å². The second kappa shape index (κ2) is 5.60. The smallest absolute Gasteiger partial charge is 0.265 e. The third-order valence-electron chi connectivity index (χ3n) is 3.56. The van der Waals surface area contributed by atoms with Gasteiger partial charge in [0.15, 0.2) is 17.3 Å². The second-order valence-corrected chi connectivity index (χ2v) is 6.16. The molecule has 7 nitrogen and oxygen atoms in total. The molecule has 0 bridgehead atoms. The van der Waals surface area contributed by atoms with Crippen molar-refractivity contribution in [2.24, 2.45) is 0 Å². The van der Waals surface area contributed by atoms with Crippen LogP contribution in [0.1, 0.15) is 40.1 Å². The fourth-order valence-electron chi connectivity index (χ4n) is 2.26. The lowest BCUT2D eigenvalue weighted by atomic mass is 10.3. The number of aromatic nitrogens is 2. The predicted octanol–water partition coefficient (Wildman–Crippen LogP) is 1.75. The summed E-state index contributed by atoms with van der Waals surface area (Å²) < 4.78 is 16.1. The highest BCUT2D eigenvalue weighted by Gasteiger charge is 2.28. The van der Waals surface area contributed by atoms with Crippen molar-refractivity contribution in [3.63, 3.8) is 0 Å². The largest absolute Gasteiger partial charge is 0.485 e. The Morgan fingerprint density at radius 3 is 3.09 bits per heavy atom. The van der Waals surface area contributed by atoms with Crippen LogP contribution in [0.5, 0.6) is 11.5 Å². The van der Waals surface area contributed by atoms with Gasteiger partial charge in [-0.05, 0) is 12.8 Å². The van der Waals surface area contributed by atoms with Gasteiger partial charge >= 0.3 is 0 Å². The molecule has 116 valence electrons. The quantitative estimate of drug-likeness (QED) is 0.903. The average Bonchev–Trinajstić information content (AvgIpc) is 3.12. The van der Waals surface area contributed by atoms with Crippen molar-refractivity contribution in [3.8, 4) is 11.5 Å². The summed E-state index contributed by atoms with van der Waals surface area (Å²) in [5, 5.41) is 8.59. The van der Waals surface area contributed by atoms with Gasteiger partial charge in [-0.3, -0.25) is 4.79 Å². The van der Waals surface area contributed by atoms with Gasteiger partial charge in [-0.2, -0.15) is 4.98 Å². The van der Waals surface area contributed by atoms with Crippen molar-refractivity contribution in [2.45, 2.75) is 25.2 Å². The molecule has 3 heterocycles. The van der Waals surface area contributed by atoms with Gasteiger partial charge in [-0.15, -0.1) is 11.3 Å². The number of rotatable bonds is 5. The minimum Gasteiger partial charge on any atom is -0.485 e. The molecule has 8 heteroatoms. The highest BCUT2D eigenvalue weighted by molar-refractivity contribution is 7.12. The molecule has 0 spiro atoms. The lowest BCUT2D eigenvalue weighted by Gasteiger charge is -2.15. The number of nitrogens with one attached hydrogen (secondary N) is 1. The van der Waals surface area contributed by atoms with Crippen LogP contribution >= 0.6 is 11.3 Å². The topological polar surface area (TPSA) is 86.5 Å². The van der Waals surface area contributed by atoms with Crippen molar-refractivity contribution in [1.29, 1.82) is 0 Å². The van der Waals surface area contributed by atoms with Gasteiger partial charge in [0.05, 0.1) is 0 Å². The zero-order chi connectivity index (χ0) is 14.9. The molecule has 1 aliphatic heterocycles. The zero-order valence-corrected chi connectivity index (χ0v) is 12.6. The maximum atomic E-state index is 12.2. The van der Waals surface area contributed by atoms with Gasteiger partial charge in [0.25, 0.3) is 5.91 Å². The van der Waals surface area contributed by atoms with Crippen LogP contribution in [-0.2, 0) is 6.42 Å². The van der Waals surface area contributed by atoms with E-state index in [1.54, 1.807) is 5.38 Å². The lowest BCUT2D eigenvalue weighted by molar-refractivity contribution is 0.0948. The third kappa shape index (κ3) is 2.66. The Balaban J connectivity index is 1.33. The molecule has 22 heavy (non-hydrogen) atoms. The van der Waals surface area contributed by atoms with Gasteiger partial charge in [0, 0.05) is 24.3 Å². The standard InChI is InChI=1S/C14H15N3O4S/c18-14(12-11-9(7-22-12)19-5-6-20-11)15-4-3-10-16-13(17-21-10)8-1-2-8/h7-8H,1-6H2,(H,15,18). The van der Waals surface area contributed by atoms with Crippen LogP contribution < -0.4 is 14.8 Å². The molecule has 2 aromatic heterocycles.